The molecule has 0 radical (unpaired) electrons. The van der Waals surface area contributed by atoms with Crippen molar-refractivity contribution in [3.8, 4) is 6.07 Å². The van der Waals surface area contributed by atoms with E-state index < -0.39 is 43.3 Å². The van der Waals surface area contributed by atoms with Crippen LogP contribution in [0.4, 0.5) is 14.5 Å². The second-order valence-electron chi connectivity index (χ2n) is 10.3. The van der Waals surface area contributed by atoms with Crippen LogP contribution >= 0.6 is 0 Å². The summed E-state index contributed by atoms with van der Waals surface area (Å²) in [6, 6.07) is 7.72. The summed E-state index contributed by atoms with van der Waals surface area (Å²) < 4.78 is 27.4. The number of hydrogen-bond acceptors (Lipinski definition) is 7. The van der Waals surface area contributed by atoms with Crippen LogP contribution in [0.1, 0.15) is 36.5 Å². The largest absolute Gasteiger partial charge is 0.375 e. The standard InChI is InChI=1S/C28H35F2N7O3/c1-3-25(38)36-13-11-35(12-14-36)10-4-9-34(2)20-5-6-24-23(15-20)22(7-8-32-24)27(40)33-18-26(39)37-19-28(29,30)16-21(37)17-31/h5-8,15,21H,3-4,9-14,16,18-19H2,1-2H3,(H,33,40)/t21-/m0/s1. The van der Waals surface area contributed by atoms with E-state index in [1.807, 2.05) is 37.1 Å². The lowest BCUT2D eigenvalue weighted by Crippen LogP contribution is -2.48. The van der Waals surface area contributed by atoms with Crippen LogP contribution in [0.2, 0.25) is 0 Å². The molecule has 0 spiro atoms. The van der Waals surface area contributed by atoms with Gasteiger partial charge in [0, 0.05) is 69.9 Å². The van der Waals surface area contributed by atoms with E-state index in [0.717, 1.165) is 56.3 Å². The van der Waals surface area contributed by atoms with E-state index in [4.69, 9.17) is 5.26 Å². The first-order chi connectivity index (χ1) is 19.1. The number of nitrogens with zero attached hydrogens (tertiary/aromatic N) is 6. The van der Waals surface area contributed by atoms with Gasteiger partial charge in [0.15, 0.2) is 0 Å². The molecule has 2 aromatic rings. The Bertz CT molecular complexity index is 1290. The van der Waals surface area contributed by atoms with Gasteiger partial charge in [0.05, 0.1) is 30.2 Å². The Hall–Kier alpha value is -3.85. The van der Waals surface area contributed by atoms with E-state index in [1.165, 1.54) is 6.20 Å². The van der Waals surface area contributed by atoms with E-state index in [9.17, 15) is 23.2 Å². The molecule has 1 aromatic heterocycles. The van der Waals surface area contributed by atoms with Gasteiger partial charge < -0.3 is 20.0 Å². The number of nitrogens with one attached hydrogen (secondary N) is 1. The van der Waals surface area contributed by atoms with Gasteiger partial charge in [-0.25, -0.2) is 8.78 Å². The number of alkyl halides is 2. The summed E-state index contributed by atoms with van der Waals surface area (Å²) in [5, 5.41) is 12.3. The summed E-state index contributed by atoms with van der Waals surface area (Å²) in [5.74, 6) is -4.17. The van der Waals surface area contributed by atoms with Gasteiger partial charge in [-0.3, -0.25) is 24.3 Å². The average molecular weight is 556 g/mol. The summed E-state index contributed by atoms with van der Waals surface area (Å²) in [4.78, 5) is 48.9. The number of amides is 3. The SMILES string of the molecule is CCC(=O)N1CCN(CCCN(C)c2ccc3nccc(C(=O)NCC(=O)N4CC(F)(F)C[C@H]4C#N)c3c2)CC1. The third-order valence-corrected chi connectivity index (χ3v) is 7.55. The van der Waals surface area contributed by atoms with Crippen molar-refractivity contribution in [1.29, 1.82) is 5.26 Å². The Morgan fingerprint density at radius 3 is 2.62 bits per heavy atom. The fourth-order valence-corrected chi connectivity index (χ4v) is 5.22. The van der Waals surface area contributed by atoms with Crippen LogP contribution in [0.5, 0.6) is 0 Å². The molecule has 12 heteroatoms. The van der Waals surface area contributed by atoms with Gasteiger partial charge in [0.1, 0.15) is 6.04 Å². The van der Waals surface area contributed by atoms with Gasteiger partial charge in [0.2, 0.25) is 11.8 Å². The van der Waals surface area contributed by atoms with E-state index >= 15 is 0 Å². The number of nitriles is 1. The second kappa shape index (κ2) is 12.6. The number of pyridine rings is 1. The van der Waals surface area contributed by atoms with E-state index in [2.05, 4.69) is 20.1 Å². The highest BCUT2D eigenvalue weighted by Crippen LogP contribution is 2.31. The highest BCUT2D eigenvalue weighted by Gasteiger charge is 2.47. The lowest BCUT2D eigenvalue weighted by atomic mass is 10.1. The third kappa shape index (κ3) is 6.83. The van der Waals surface area contributed by atoms with Gasteiger partial charge in [-0.2, -0.15) is 5.26 Å². The minimum Gasteiger partial charge on any atom is -0.375 e. The quantitative estimate of drug-likeness (QED) is 0.504. The minimum absolute atomic E-state index is 0.203. The van der Waals surface area contributed by atoms with Crippen molar-refractivity contribution in [2.45, 2.75) is 38.2 Å². The Morgan fingerprint density at radius 2 is 1.93 bits per heavy atom. The van der Waals surface area contributed by atoms with E-state index in [1.54, 1.807) is 12.1 Å². The molecule has 3 heterocycles. The zero-order chi connectivity index (χ0) is 28.9. The van der Waals surface area contributed by atoms with Crippen molar-refractivity contribution in [3.63, 3.8) is 0 Å². The number of hydrogen-bond donors (Lipinski definition) is 1. The van der Waals surface area contributed by atoms with Crippen molar-refractivity contribution >= 4 is 34.3 Å². The van der Waals surface area contributed by atoms with Gasteiger partial charge in [-0.05, 0) is 37.2 Å². The first kappa shape index (κ1) is 29.1. The van der Waals surface area contributed by atoms with Gasteiger partial charge in [-0.15, -0.1) is 0 Å². The summed E-state index contributed by atoms with van der Waals surface area (Å²) in [5.41, 5.74) is 1.83. The normalized spacial score (nSPS) is 18.9. The summed E-state index contributed by atoms with van der Waals surface area (Å²) in [7, 11) is 1.98. The van der Waals surface area contributed by atoms with Crippen molar-refractivity contribution in [2.75, 3.05) is 64.3 Å². The maximum atomic E-state index is 13.7. The number of likely N-dealkylation sites (tertiary alicyclic amines) is 1. The van der Waals surface area contributed by atoms with Crippen LogP contribution in [-0.4, -0.2) is 109 Å². The molecule has 2 saturated heterocycles. The highest BCUT2D eigenvalue weighted by molar-refractivity contribution is 6.07. The zero-order valence-corrected chi connectivity index (χ0v) is 22.9. The maximum absolute atomic E-state index is 13.7. The fraction of sp³-hybridized carbons (Fsp3) is 0.536. The van der Waals surface area contributed by atoms with Crippen LogP contribution in [0.15, 0.2) is 30.5 Å². The Labute approximate surface area is 232 Å². The Balaban J connectivity index is 1.34. The number of piperazine rings is 1. The Morgan fingerprint density at radius 1 is 1.18 bits per heavy atom. The van der Waals surface area contributed by atoms with Crippen molar-refractivity contribution in [3.05, 3.63) is 36.0 Å². The highest BCUT2D eigenvalue weighted by atomic mass is 19.3. The maximum Gasteiger partial charge on any atom is 0.268 e. The van der Waals surface area contributed by atoms with Crippen LogP contribution < -0.4 is 10.2 Å². The number of carbonyl (C=O) groups excluding carboxylic acids is 3. The minimum atomic E-state index is -3.12. The molecule has 2 fully saturated rings. The second-order valence-corrected chi connectivity index (χ2v) is 10.3. The summed E-state index contributed by atoms with van der Waals surface area (Å²) in [6.07, 6.45) is 2.27. The lowest BCUT2D eigenvalue weighted by Gasteiger charge is -2.35. The smallest absolute Gasteiger partial charge is 0.268 e. The van der Waals surface area contributed by atoms with Crippen LogP contribution in [0.25, 0.3) is 10.9 Å². The third-order valence-electron chi connectivity index (χ3n) is 7.55. The molecule has 40 heavy (non-hydrogen) atoms. The molecule has 4 rings (SSSR count). The monoisotopic (exact) mass is 555 g/mol. The van der Waals surface area contributed by atoms with Crippen LogP contribution in [-0.2, 0) is 9.59 Å². The molecule has 1 atom stereocenters. The number of carbonyl (C=O) groups is 3. The van der Waals surface area contributed by atoms with Crippen LogP contribution in [0, 0.1) is 11.3 Å². The molecule has 2 aliphatic rings. The molecule has 0 unspecified atom stereocenters. The number of halogens is 2. The molecule has 2 aliphatic heterocycles. The van der Waals surface area contributed by atoms with Gasteiger partial charge >= 0.3 is 0 Å². The van der Waals surface area contributed by atoms with Crippen molar-refractivity contribution < 1.29 is 23.2 Å². The predicted molar refractivity (Wildman–Crippen MR) is 146 cm³/mol. The molecular weight excluding hydrogens is 520 g/mol. The first-order valence-corrected chi connectivity index (χ1v) is 13.6. The molecule has 1 N–H and O–H groups in total. The van der Waals surface area contributed by atoms with Crippen LogP contribution in [0.3, 0.4) is 0 Å². The number of benzene rings is 1. The molecule has 10 nitrogen and oxygen atoms in total. The number of fused-ring (bicyclic) bond motifs is 1. The molecule has 3 amide bonds. The lowest BCUT2D eigenvalue weighted by molar-refractivity contribution is -0.132. The van der Waals surface area contributed by atoms with E-state index in [0.29, 0.717) is 22.9 Å². The molecular formula is C28H35F2N7O3. The molecule has 0 bridgehead atoms. The molecule has 0 aliphatic carbocycles. The first-order valence-electron chi connectivity index (χ1n) is 13.6. The van der Waals surface area contributed by atoms with Crippen molar-refractivity contribution in [1.82, 2.24) is 25.0 Å². The average Bonchev–Trinajstić information content (AvgIpc) is 3.29. The van der Waals surface area contributed by atoms with E-state index in [-0.39, 0.29) is 5.91 Å². The number of rotatable bonds is 9. The predicted octanol–water partition coefficient (Wildman–Crippen LogP) is 2.10. The van der Waals surface area contributed by atoms with Gasteiger partial charge in [0.25, 0.3) is 11.8 Å². The Kier molecular flexibility index (Phi) is 9.14. The summed E-state index contributed by atoms with van der Waals surface area (Å²) in [6.45, 7) is 5.54. The molecule has 0 saturated carbocycles. The topological polar surface area (TPSA) is 113 Å². The molecule has 214 valence electrons. The number of aromatic nitrogens is 1. The molecule has 1 aromatic carbocycles. The number of anilines is 1. The fourth-order valence-electron chi connectivity index (χ4n) is 5.22. The van der Waals surface area contributed by atoms with Crippen molar-refractivity contribution in [2.24, 2.45) is 0 Å². The summed E-state index contributed by atoms with van der Waals surface area (Å²) >= 11 is 0. The zero-order valence-electron chi connectivity index (χ0n) is 22.9. The van der Waals surface area contributed by atoms with Gasteiger partial charge in [-0.1, -0.05) is 6.92 Å².